The molecular weight excluding hydrogens is 967 g/mol. The SMILES string of the molecule is CC(C)(C)N1C(=O)C2C3SC(C(OC(=O)C45CC6CC(C4)C4(OCC(F)(F)C(F)(F)CO4)C(C6)C5)C31)C2C(=O)O[CH-]C(F)(F)S(=O)(=O)[O-].[Rf]. The van der Waals surface area contributed by atoms with E-state index in [1.54, 1.807) is 20.8 Å². The average Bonchev–Trinajstić information content (AvgIpc) is 3.55. The molecule has 0 aromatic rings. The van der Waals surface area contributed by atoms with E-state index in [-0.39, 0.29) is 18.8 Å². The van der Waals surface area contributed by atoms with Gasteiger partial charge in [-0.15, -0.1) is 11.8 Å². The third-order valence-corrected chi connectivity index (χ3v) is 13.9. The predicted octanol–water partition coefficient (Wildman–Crippen LogP) is 3.32. The zero-order chi connectivity index (χ0) is 35.2. The Labute approximate surface area is 275 Å². The maximum atomic E-state index is 14.3. The van der Waals surface area contributed by atoms with Gasteiger partial charge in [0.1, 0.15) is 29.4 Å². The van der Waals surface area contributed by atoms with Crippen LogP contribution in [-0.4, -0.2) is 100 Å². The van der Waals surface area contributed by atoms with E-state index in [2.05, 4.69) is 4.74 Å². The Bertz CT molecular complexity index is 1510. The van der Waals surface area contributed by atoms with Gasteiger partial charge >= 0.3 is 17.8 Å². The summed E-state index contributed by atoms with van der Waals surface area (Å²) in [6, 6.07) is -0.712. The number of ether oxygens (including phenoxy) is 4. The van der Waals surface area contributed by atoms with E-state index in [0.717, 1.165) is 11.8 Å². The van der Waals surface area contributed by atoms with E-state index in [4.69, 9.17) is 14.2 Å². The van der Waals surface area contributed by atoms with Gasteiger partial charge in [0.2, 0.25) is 5.91 Å². The fraction of sp³-hybridized carbons (Fsp3) is 0.862. The molecule has 8 fully saturated rings. The second-order valence-electron chi connectivity index (χ2n) is 15.3. The summed E-state index contributed by atoms with van der Waals surface area (Å²) in [7, 11) is -6.21. The molecule has 0 aromatic heterocycles. The first-order valence-corrected chi connectivity index (χ1v) is 17.9. The van der Waals surface area contributed by atoms with Gasteiger partial charge in [-0.05, 0) is 58.8 Å². The van der Waals surface area contributed by atoms with E-state index in [0.29, 0.717) is 19.3 Å². The molecule has 20 heteroatoms. The summed E-state index contributed by atoms with van der Waals surface area (Å²) in [5, 5.41) is -6.61. The van der Waals surface area contributed by atoms with Crippen LogP contribution in [0.1, 0.15) is 52.9 Å². The van der Waals surface area contributed by atoms with Crippen LogP contribution in [-0.2, 0) is 43.4 Å². The Morgan fingerprint density at radius 3 is 2.06 bits per heavy atom. The summed E-state index contributed by atoms with van der Waals surface area (Å²) in [4.78, 5) is 42.7. The van der Waals surface area contributed by atoms with Crippen LogP contribution in [0.15, 0.2) is 0 Å². The number of carbonyl (C=O) groups excluding carboxylic acids is 3. The largest absolute Gasteiger partial charge is 0.746 e. The van der Waals surface area contributed by atoms with Crippen molar-refractivity contribution in [3.05, 3.63) is 6.61 Å². The van der Waals surface area contributed by atoms with Crippen LogP contribution in [0.25, 0.3) is 0 Å². The molecule has 8 rings (SSSR count). The predicted molar refractivity (Wildman–Crippen MR) is 148 cm³/mol. The number of hydrogen-bond acceptors (Lipinski definition) is 11. The summed E-state index contributed by atoms with van der Waals surface area (Å²) >= 11 is 1.15. The minimum Gasteiger partial charge on any atom is -0.746 e. The van der Waals surface area contributed by atoms with Crippen molar-refractivity contribution in [2.24, 2.45) is 35.0 Å². The molecule has 8 atom stereocenters. The van der Waals surface area contributed by atoms with Gasteiger partial charge in [0.15, 0.2) is 5.79 Å². The van der Waals surface area contributed by atoms with Gasteiger partial charge < -0.3 is 28.4 Å². The van der Waals surface area contributed by atoms with Crippen molar-refractivity contribution in [1.82, 2.24) is 4.90 Å². The number of thioether (sulfide) groups is 1. The summed E-state index contributed by atoms with van der Waals surface area (Å²) in [5.74, 6) is -17.1. The fourth-order valence-corrected chi connectivity index (χ4v) is 11.9. The number of hydrogen-bond donors (Lipinski definition) is 0. The Morgan fingerprint density at radius 2 is 1.55 bits per heavy atom. The van der Waals surface area contributed by atoms with Crippen LogP contribution in [0.2, 0.25) is 0 Å². The maximum Gasteiger partial charge on any atom is 0.335 e. The first-order chi connectivity index (χ1) is 21.9. The number of amides is 1. The van der Waals surface area contributed by atoms with E-state index < -0.39 is 128 Å². The third kappa shape index (κ3) is 4.97. The van der Waals surface area contributed by atoms with Crippen LogP contribution >= 0.6 is 11.8 Å². The summed E-state index contributed by atoms with van der Waals surface area (Å²) in [6.45, 7) is 1.42. The van der Waals surface area contributed by atoms with Gasteiger partial charge in [0.25, 0.3) is 11.2 Å². The topological polar surface area (TPSA) is 149 Å². The number of alkyl halides is 6. The molecular formula is C29H33F6NO10RfS2-2. The molecule has 1 spiro atoms. The van der Waals surface area contributed by atoms with Gasteiger partial charge in [-0.25, -0.2) is 17.2 Å². The van der Waals surface area contributed by atoms with Crippen LogP contribution in [0.5, 0.6) is 0 Å². The van der Waals surface area contributed by atoms with Crippen LogP contribution < -0.4 is 0 Å². The second-order valence-corrected chi connectivity index (χ2v) is 18.1. The second kappa shape index (κ2) is 10.6. The number of halogens is 6. The van der Waals surface area contributed by atoms with Gasteiger partial charge in [-0.3, -0.25) is 14.4 Å². The zero-order valence-electron chi connectivity index (χ0n) is 26.5. The number of fused-ring (bicyclic) bond motifs is 1. The molecule has 8 unspecified atom stereocenters. The molecule has 49 heavy (non-hydrogen) atoms. The summed E-state index contributed by atoms with van der Waals surface area (Å²) < 4.78 is 139. The summed E-state index contributed by atoms with van der Waals surface area (Å²) in [5.41, 5.74) is -2.00. The van der Waals surface area contributed by atoms with E-state index in [1.165, 1.54) is 4.90 Å². The standard InChI is InChI=1S/C29H34F6NO10S2.Rf/c1-24(2,3)36-17-18(20-16(15(21(36)37)19(17)47-20)22(38)43-11-28(34,35)48(40,41)42)46-23(39)25-6-12-4-13(7-25)29(14(5-12)8-25)44-9-26(30,31)27(32,33)10-45-29;/h11-20H,4-10H2,1-3H3,(H,40,41,42);/q-1;/p-1. The molecule has 4 aliphatic carbocycles. The number of esters is 2. The summed E-state index contributed by atoms with van der Waals surface area (Å²) in [6.07, 6.45) is 0.120. The van der Waals surface area contributed by atoms with Crippen molar-refractivity contribution in [3.63, 3.8) is 0 Å². The molecule has 6 bridgehead atoms. The van der Waals surface area contributed by atoms with Crippen molar-refractivity contribution in [2.45, 2.75) is 104 Å². The van der Waals surface area contributed by atoms with Gasteiger partial charge in [0.05, 0.1) is 28.5 Å². The molecule has 0 aromatic carbocycles. The molecule has 272 valence electrons. The molecule has 1 amide bonds. The van der Waals surface area contributed by atoms with E-state index in [9.17, 15) is 53.7 Å². The van der Waals surface area contributed by atoms with Gasteiger partial charge in [-0.1, -0.05) is 6.61 Å². The quantitative estimate of drug-likeness (QED) is 0.167. The molecule has 4 heterocycles. The minimum absolute atomic E-state index is 0. The normalized spacial score (nSPS) is 41.1. The Hall–Kier alpha value is -2.83. The first kappa shape index (κ1) is 36.0. The maximum absolute atomic E-state index is 14.3. The Balaban J connectivity index is 0.00000417. The molecule has 11 nitrogen and oxygen atoms in total. The van der Waals surface area contributed by atoms with Crippen LogP contribution in [0.3, 0.4) is 0 Å². The first-order valence-electron chi connectivity index (χ1n) is 15.6. The Kier molecular flexibility index (Phi) is 7.78. The number of rotatable bonds is 6. The van der Waals surface area contributed by atoms with Crippen molar-refractivity contribution < 1.29 is 72.6 Å². The van der Waals surface area contributed by atoms with Crippen molar-refractivity contribution in [1.29, 1.82) is 0 Å². The van der Waals surface area contributed by atoms with Crippen LogP contribution in [0.4, 0.5) is 26.3 Å². The minimum atomic E-state index is -6.21. The monoisotopic (exact) mass is 1000 g/mol. The van der Waals surface area contributed by atoms with Crippen LogP contribution in [0, 0.1) is 41.6 Å². The van der Waals surface area contributed by atoms with E-state index in [1.807, 2.05) is 0 Å². The van der Waals surface area contributed by atoms with Gasteiger partial charge in [-0.2, -0.15) is 17.6 Å². The molecule has 0 radical (unpaired) electrons. The molecule has 4 aliphatic heterocycles. The van der Waals surface area contributed by atoms with Crippen molar-refractivity contribution in [2.75, 3.05) is 13.2 Å². The third-order valence-electron chi connectivity index (χ3n) is 11.4. The molecule has 4 saturated heterocycles. The fourth-order valence-electron chi connectivity index (χ4n) is 9.63. The molecule has 4 saturated carbocycles. The average molecular weight is 1000 g/mol. The number of nitrogens with zero attached hydrogens (tertiary/aromatic N) is 1. The Morgan fingerprint density at radius 1 is 1.00 bits per heavy atom. The number of carbonyl (C=O) groups is 3. The number of likely N-dealkylation sites (tertiary alicyclic amines) is 1. The van der Waals surface area contributed by atoms with Gasteiger partial charge in [0, 0.05) is 22.6 Å². The zero-order valence-corrected chi connectivity index (χ0v) is 34.6. The molecule has 8 aliphatic rings. The molecule has 0 N–H and O–H groups in total. The van der Waals surface area contributed by atoms with E-state index >= 15 is 0 Å². The van der Waals surface area contributed by atoms with Crippen molar-refractivity contribution in [3.8, 4) is 0 Å². The van der Waals surface area contributed by atoms with Crippen molar-refractivity contribution >= 4 is 39.7 Å². The smallest absolute Gasteiger partial charge is 0.335 e.